The van der Waals surface area contributed by atoms with Gasteiger partial charge < -0.3 is 19.1 Å². The molecule has 0 radical (unpaired) electrons. The minimum atomic E-state index is -0.314. The SMILES string of the molecule is CCCCOCCOc1ccc(-c2ccc(N3CCCC3)c(C=CC(=O)OCC)c2)cc1. The molecule has 2 aromatic carbocycles. The molecule has 2 aromatic rings. The molecule has 0 unspecified atom stereocenters. The summed E-state index contributed by atoms with van der Waals surface area (Å²) in [6.45, 7) is 8.39. The molecule has 1 aliphatic rings. The van der Waals surface area contributed by atoms with Crippen LogP contribution in [0.1, 0.15) is 45.1 Å². The molecule has 1 fully saturated rings. The number of hydrogen-bond acceptors (Lipinski definition) is 5. The minimum absolute atomic E-state index is 0.314. The van der Waals surface area contributed by atoms with Gasteiger partial charge in [0.1, 0.15) is 12.4 Å². The van der Waals surface area contributed by atoms with Crippen molar-refractivity contribution in [1.29, 1.82) is 0 Å². The van der Waals surface area contributed by atoms with E-state index in [-0.39, 0.29) is 5.97 Å². The summed E-state index contributed by atoms with van der Waals surface area (Å²) in [5, 5.41) is 0. The van der Waals surface area contributed by atoms with Crippen LogP contribution in [0.15, 0.2) is 48.5 Å². The quantitative estimate of drug-likeness (QED) is 0.241. The fraction of sp³-hybridized carbons (Fsp3) is 0.444. The van der Waals surface area contributed by atoms with Crippen LogP contribution in [0, 0.1) is 0 Å². The highest BCUT2D eigenvalue weighted by Crippen LogP contribution is 2.31. The van der Waals surface area contributed by atoms with Gasteiger partial charge in [-0.1, -0.05) is 31.5 Å². The summed E-state index contributed by atoms with van der Waals surface area (Å²) in [6, 6.07) is 14.6. The van der Waals surface area contributed by atoms with Gasteiger partial charge in [0.05, 0.1) is 13.2 Å². The van der Waals surface area contributed by atoms with E-state index in [0.717, 1.165) is 60.7 Å². The van der Waals surface area contributed by atoms with E-state index >= 15 is 0 Å². The number of benzene rings is 2. The predicted octanol–water partition coefficient (Wildman–Crippen LogP) is 5.73. The molecular weight excluding hydrogens is 402 g/mol. The summed E-state index contributed by atoms with van der Waals surface area (Å²) in [5.41, 5.74) is 4.40. The zero-order chi connectivity index (χ0) is 22.6. The third-order valence-corrected chi connectivity index (χ3v) is 5.49. The van der Waals surface area contributed by atoms with Crippen LogP contribution in [0.5, 0.6) is 5.75 Å². The van der Waals surface area contributed by atoms with Gasteiger partial charge in [0.15, 0.2) is 0 Å². The van der Waals surface area contributed by atoms with E-state index in [1.165, 1.54) is 18.9 Å². The van der Waals surface area contributed by atoms with Crippen molar-refractivity contribution in [3.05, 3.63) is 54.1 Å². The Morgan fingerprint density at radius 3 is 2.44 bits per heavy atom. The molecule has 0 saturated carbocycles. The molecule has 1 aliphatic heterocycles. The first-order valence-electron chi connectivity index (χ1n) is 11.8. The standard InChI is InChI=1S/C27H35NO4/c1-3-5-18-30-19-20-32-25-12-8-22(9-13-25)23-10-14-26(28-16-6-7-17-28)24(21-23)11-15-27(29)31-4-2/h8-15,21H,3-7,16-20H2,1-2H3. The molecule has 5 nitrogen and oxygen atoms in total. The molecule has 0 bridgehead atoms. The van der Waals surface area contributed by atoms with Crippen LogP contribution in [-0.2, 0) is 14.3 Å². The summed E-state index contributed by atoms with van der Waals surface area (Å²) >= 11 is 0. The number of nitrogens with zero attached hydrogens (tertiary/aromatic N) is 1. The average molecular weight is 438 g/mol. The van der Waals surface area contributed by atoms with Crippen molar-refractivity contribution < 1.29 is 19.0 Å². The summed E-state index contributed by atoms with van der Waals surface area (Å²) in [6.07, 6.45) is 8.01. The lowest BCUT2D eigenvalue weighted by Crippen LogP contribution is -2.18. The van der Waals surface area contributed by atoms with Gasteiger partial charge in [-0.25, -0.2) is 4.79 Å². The molecule has 0 amide bonds. The molecule has 0 atom stereocenters. The number of esters is 1. The largest absolute Gasteiger partial charge is 0.491 e. The van der Waals surface area contributed by atoms with Gasteiger partial charge in [0.25, 0.3) is 0 Å². The lowest BCUT2D eigenvalue weighted by molar-refractivity contribution is -0.137. The summed E-state index contributed by atoms with van der Waals surface area (Å²) in [5.74, 6) is 0.523. The van der Waals surface area contributed by atoms with Gasteiger partial charge in [-0.3, -0.25) is 0 Å². The molecule has 1 heterocycles. The van der Waals surface area contributed by atoms with Gasteiger partial charge in [0, 0.05) is 31.5 Å². The second kappa shape index (κ2) is 12.9. The molecule has 0 spiro atoms. The van der Waals surface area contributed by atoms with E-state index in [1.807, 2.05) is 25.1 Å². The van der Waals surface area contributed by atoms with Crippen molar-refractivity contribution in [2.45, 2.75) is 39.5 Å². The Bertz CT molecular complexity index is 870. The number of unbranched alkanes of at least 4 members (excludes halogenated alkanes) is 1. The lowest BCUT2D eigenvalue weighted by atomic mass is 10.0. The molecule has 172 valence electrons. The van der Waals surface area contributed by atoms with Gasteiger partial charge >= 0.3 is 5.97 Å². The van der Waals surface area contributed by atoms with Crippen LogP contribution in [0.4, 0.5) is 5.69 Å². The van der Waals surface area contributed by atoms with Crippen molar-refractivity contribution in [3.8, 4) is 16.9 Å². The second-order valence-corrected chi connectivity index (χ2v) is 7.89. The number of carbonyl (C=O) groups excluding carboxylic acids is 1. The maximum atomic E-state index is 11.9. The monoisotopic (exact) mass is 437 g/mol. The average Bonchev–Trinajstić information content (AvgIpc) is 3.35. The van der Waals surface area contributed by atoms with E-state index in [4.69, 9.17) is 14.2 Å². The first-order valence-corrected chi connectivity index (χ1v) is 11.8. The molecule has 0 N–H and O–H groups in total. The van der Waals surface area contributed by atoms with Crippen LogP contribution >= 0.6 is 0 Å². The Kier molecular flexibility index (Phi) is 9.63. The molecule has 5 heteroatoms. The van der Waals surface area contributed by atoms with E-state index in [0.29, 0.717) is 19.8 Å². The Morgan fingerprint density at radius 1 is 0.969 bits per heavy atom. The van der Waals surface area contributed by atoms with Gasteiger partial charge in [-0.05, 0) is 73.2 Å². The molecule has 0 aliphatic carbocycles. The van der Waals surface area contributed by atoms with Crippen LogP contribution in [0.3, 0.4) is 0 Å². The van der Waals surface area contributed by atoms with E-state index < -0.39 is 0 Å². The minimum Gasteiger partial charge on any atom is -0.491 e. The third kappa shape index (κ3) is 7.13. The first-order chi connectivity index (χ1) is 15.7. The number of hydrogen-bond donors (Lipinski definition) is 0. The topological polar surface area (TPSA) is 48.0 Å². The number of ether oxygens (including phenoxy) is 3. The fourth-order valence-corrected chi connectivity index (χ4v) is 3.77. The molecule has 3 rings (SSSR count). The normalized spacial score (nSPS) is 13.6. The highest BCUT2D eigenvalue weighted by atomic mass is 16.5. The Morgan fingerprint density at radius 2 is 1.72 bits per heavy atom. The zero-order valence-electron chi connectivity index (χ0n) is 19.3. The molecular formula is C27H35NO4. The highest BCUT2D eigenvalue weighted by molar-refractivity contribution is 5.89. The Balaban J connectivity index is 1.70. The van der Waals surface area contributed by atoms with E-state index in [9.17, 15) is 4.79 Å². The smallest absolute Gasteiger partial charge is 0.330 e. The first kappa shape index (κ1) is 23.9. The fourth-order valence-electron chi connectivity index (χ4n) is 3.77. The zero-order valence-corrected chi connectivity index (χ0v) is 19.3. The maximum absolute atomic E-state index is 11.9. The number of carbonyl (C=O) groups is 1. The second-order valence-electron chi connectivity index (χ2n) is 7.89. The molecule has 32 heavy (non-hydrogen) atoms. The van der Waals surface area contributed by atoms with E-state index in [2.05, 4.69) is 42.2 Å². The Hall–Kier alpha value is -2.79. The van der Waals surface area contributed by atoms with Crippen molar-refractivity contribution in [2.24, 2.45) is 0 Å². The lowest BCUT2D eigenvalue weighted by Gasteiger charge is -2.21. The molecule has 1 saturated heterocycles. The third-order valence-electron chi connectivity index (χ3n) is 5.49. The van der Waals surface area contributed by atoms with Crippen molar-refractivity contribution in [1.82, 2.24) is 0 Å². The predicted molar refractivity (Wildman–Crippen MR) is 130 cm³/mol. The van der Waals surface area contributed by atoms with Crippen molar-refractivity contribution >= 4 is 17.7 Å². The van der Waals surface area contributed by atoms with Gasteiger partial charge in [-0.2, -0.15) is 0 Å². The van der Waals surface area contributed by atoms with Crippen LogP contribution in [0.2, 0.25) is 0 Å². The maximum Gasteiger partial charge on any atom is 0.330 e. The molecule has 0 aromatic heterocycles. The Labute approximate surface area is 192 Å². The van der Waals surface area contributed by atoms with Crippen molar-refractivity contribution in [2.75, 3.05) is 44.4 Å². The van der Waals surface area contributed by atoms with Crippen LogP contribution in [-0.4, -0.2) is 45.5 Å². The summed E-state index contributed by atoms with van der Waals surface area (Å²) in [7, 11) is 0. The van der Waals surface area contributed by atoms with Gasteiger partial charge in [0.2, 0.25) is 0 Å². The highest BCUT2D eigenvalue weighted by Gasteiger charge is 2.15. The van der Waals surface area contributed by atoms with E-state index in [1.54, 1.807) is 0 Å². The van der Waals surface area contributed by atoms with Crippen LogP contribution in [0.25, 0.3) is 17.2 Å². The number of rotatable bonds is 12. The summed E-state index contributed by atoms with van der Waals surface area (Å²) < 4.78 is 16.4. The van der Waals surface area contributed by atoms with Crippen molar-refractivity contribution in [3.63, 3.8) is 0 Å². The van der Waals surface area contributed by atoms with Crippen LogP contribution < -0.4 is 9.64 Å². The summed E-state index contributed by atoms with van der Waals surface area (Å²) in [4.78, 5) is 14.2. The van der Waals surface area contributed by atoms with Gasteiger partial charge in [-0.15, -0.1) is 0 Å². The number of anilines is 1.